The Bertz CT molecular complexity index is 391. The summed E-state index contributed by atoms with van der Waals surface area (Å²) >= 11 is 0. The summed E-state index contributed by atoms with van der Waals surface area (Å²) in [5, 5.41) is 3.30. The lowest BCUT2D eigenvalue weighted by molar-refractivity contribution is -0.124. The summed E-state index contributed by atoms with van der Waals surface area (Å²) in [6.07, 6.45) is 3.68. The van der Waals surface area contributed by atoms with Gasteiger partial charge in [0.15, 0.2) is 0 Å². The molecule has 1 aliphatic carbocycles. The largest absolute Gasteiger partial charge is 0.380 e. The Balaban J connectivity index is 1.71. The lowest BCUT2D eigenvalue weighted by atomic mass is 9.78. The number of hydrogen-bond acceptors (Lipinski definition) is 4. The zero-order chi connectivity index (χ0) is 17.5. The summed E-state index contributed by atoms with van der Waals surface area (Å²) in [5.74, 6) is 1.52. The lowest BCUT2D eigenvalue weighted by Gasteiger charge is -2.40. The second-order valence-corrected chi connectivity index (χ2v) is 7.76. The summed E-state index contributed by atoms with van der Waals surface area (Å²) in [4.78, 5) is 17.2. The van der Waals surface area contributed by atoms with E-state index in [1.807, 2.05) is 6.92 Å². The number of hydrogen-bond donors (Lipinski definition) is 1. The van der Waals surface area contributed by atoms with Gasteiger partial charge in [-0.25, -0.2) is 0 Å². The Labute approximate surface area is 148 Å². The van der Waals surface area contributed by atoms with Gasteiger partial charge < -0.3 is 10.1 Å². The molecule has 0 aromatic rings. The first-order valence-electron chi connectivity index (χ1n) is 9.84. The van der Waals surface area contributed by atoms with E-state index in [1.165, 1.54) is 12.8 Å². The van der Waals surface area contributed by atoms with Crippen LogP contribution in [0.2, 0.25) is 0 Å². The van der Waals surface area contributed by atoms with Crippen LogP contribution < -0.4 is 5.32 Å². The highest BCUT2D eigenvalue weighted by Crippen LogP contribution is 2.29. The van der Waals surface area contributed by atoms with Gasteiger partial charge in [0.2, 0.25) is 5.91 Å². The summed E-state index contributed by atoms with van der Waals surface area (Å²) in [5.41, 5.74) is 0. The van der Waals surface area contributed by atoms with Crippen LogP contribution >= 0.6 is 0 Å². The molecular formula is C19H37N3O2. The molecule has 4 unspecified atom stereocenters. The van der Waals surface area contributed by atoms with E-state index < -0.39 is 0 Å². The monoisotopic (exact) mass is 339 g/mol. The van der Waals surface area contributed by atoms with Crippen molar-refractivity contribution < 1.29 is 9.53 Å². The molecule has 0 bridgehead atoms. The van der Waals surface area contributed by atoms with E-state index >= 15 is 0 Å². The third-order valence-corrected chi connectivity index (χ3v) is 6.00. The highest BCUT2D eigenvalue weighted by Gasteiger charge is 2.29. The molecule has 1 amide bonds. The summed E-state index contributed by atoms with van der Waals surface area (Å²) in [7, 11) is 0. The van der Waals surface area contributed by atoms with Crippen molar-refractivity contribution >= 4 is 5.91 Å². The van der Waals surface area contributed by atoms with Crippen LogP contribution in [0.25, 0.3) is 0 Å². The van der Waals surface area contributed by atoms with E-state index in [9.17, 15) is 4.79 Å². The Kier molecular flexibility index (Phi) is 7.98. The molecule has 140 valence electrons. The highest BCUT2D eigenvalue weighted by molar-refractivity contribution is 5.78. The van der Waals surface area contributed by atoms with Crippen LogP contribution in [0.15, 0.2) is 0 Å². The van der Waals surface area contributed by atoms with Gasteiger partial charge >= 0.3 is 0 Å². The van der Waals surface area contributed by atoms with Crippen LogP contribution in [0.1, 0.15) is 47.0 Å². The number of rotatable bonds is 7. The van der Waals surface area contributed by atoms with Gasteiger partial charge in [-0.1, -0.05) is 26.7 Å². The van der Waals surface area contributed by atoms with Crippen molar-refractivity contribution in [3.63, 3.8) is 0 Å². The molecule has 1 saturated heterocycles. The van der Waals surface area contributed by atoms with Crippen molar-refractivity contribution in [3.8, 4) is 0 Å². The molecule has 5 heteroatoms. The Morgan fingerprint density at radius 1 is 1.21 bits per heavy atom. The topological polar surface area (TPSA) is 44.8 Å². The number of nitrogens with one attached hydrogen (secondary N) is 1. The number of ether oxygens (including phenoxy) is 1. The second kappa shape index (κ2) is 9.73. The molecule has 2 fully saturated rings. The third-order valence-electron chi connectivity index (χ3n) is 6.00. The van der Waals surface area contributed by atoms with Crippen LogP contribution in [-0.4, -0.2) is 73.7 Å². The van der Waals surface area contributed by atoms with Crippen molar-refractivity contribution in [3.05, 3.63) is 0 Å². The minimum atomic E-state index is 0.205. The highest BCUT2D eigenvalue weighted by atomic mass is 16.5. The predicted molar refractivity (Wildman–Crippen MR) is 98.1 cm³/mol. The van der Waals surface area contributed by atoms with Crippen LogP contribution in [0.3, 0.4) is 0 Å². The molecule has 24 heavy (non-hydrogen) atoms. The van der Waals surface area contributed by atoms with Crippen molar-refractivity contribution in [1.29, 1.82) is 0 Å². The Morgan fingerprint density at radius 3 is 2.71 bits per heavy atom. The summed E-state index contributed by atoms with van der Waals surface area (Å²) < 4.78 is 5.46. The average Bonchev–Trinajstić information content (AvgIpc) is 2.54. The maximum absolute atomic E-state index is 12.4. The van der Waals surface area contributed by atoms with E-state index in [-0.39, 0.29) is 5.91 Å². The number of carbonyl (C=O) groups excluding carboxylic acids is 1. The van der Waals surface area contributed by atoms with Gasteiger partial charge in [-0.2, -0.15) is 0 Å². The molecule has 4 atom stereocenters. The van der Waals surface area contributed by atoms with E-state index in [0.29, 0.717) is 24.5 Å². The zero-order valence-electron chi connectivity index (χ0n) is 16.1. The second-order valence-electron chi connectivity index (χ2n) is 7.76. The van der Waals surface area contributed by atoms with Crippen molar-refractivity contribution in [2.75, 3.05) is 45.9 Å². The first kappa shape index (κ1) is 19.7. The zero-order valence-corrected chi connectivity index (χ0v) is 16.1. The molecule has 1 aliphatic heterocycles. The molecule has 0 radical (unpaired) electrons. The number of carbonyl (C=O) groups is 1. The third kappa shape index (κ3) is 5.71. The van der Waals surface area contributed by atoms with E-state index in [4.69, 9.17) is 4.74 Å². The maximum Gasteiger partial charge on any atom is 0.234 e. The van der Waals surface area contributed by atoms with Crippen molar-refractivity contribution in [2.45, 2.75) is 59.0 Å². The number of piperazine rings is 1. The van der Waals surface area contributed by atoms with Gasteiger partial charge in [-0.15, -0.1) is 0 Å². The Morgan fingerprint density at radius 2 is 2.00 bits per heavy atom. The average molecular weight is 340 g/mol. The molecule has 1 saturated carbocycles. The fourth-order valence-corrected chi connectivity index (χ4v) is 4.11. The van der Waals surface area contributed by atoms with Crippen molar-refractivity contribution in [2.24, 2.45) is 11.8 Å². The predicted octanol–water partition coefficient (Wildman–Crippen LogP) is 1.97. The van der Waals surface area contributed by atoms with E-state index in [0.717, 1.165) is 51.7 Å². The molecular weight excluding hydrogens is 302 g/mol. The molecule has 5 nitrogen and oxygen atoms in total. The van der Waals surface area contributed by atoms with Crippen LogP contribution in [-0.2, 0) is 9.53 Å². The smallest absolute Gasteiger partial charge is 0.234 e. The molecule has 2 aliphatic rings. The van der Waals surface area contributed by atoms with Gasteiger partial charge in [0.25, 0.3) is 0 Å². The fraction of sp³-hybridized carbons (Fsp3) is 0.947. The SMILES string of the molecule is CCOCCN1CCN(CC(=O)NC2CCCC(C)C2C)CC1C. The molecule has 0 aromatic carbocycles. The summed E-state index contributed by atoms with van der Waals surface area (Å²) in [6, 6.07) is 0.854. The first-order valence-corrected chi connectivity index (χ1v) is 9.84. The van der Waals surface area contributed by atoms with Crippen LogP contribution in [0.5, 0.6) is 0 Å². The number of nitrogens with zero attached hydrogens (tertiary/aromatic N) is 2. The van der Waals surface area contributed by atoms with E-state index in [2.05, 4.69) is 35.9 Å². The van der Waals surface area contributed by atoms with Crippen LogP contribution in [0, 0.1) is 11.8 Å². The fourth-order valence-electron chi connectivity index (χ4n) is 4.11. The normalized spacial score (nSPS) is 32.7. The quantitative estimate of drug-likeness (QED) is 0.720. The molecule has 1 heterocycles. The van der Waals surface area contributed by atoms with Crippen molar-refractivity contribution in [1.82, 2.24) is 15.1 Å². The van der Waals surface area contributed by atoms with Gasteiger partial charge in [0.1, 0.15) is 0 Å². The van der Waals surface area contributed by atoms with Crippen LogP contribution in [0.4, 0.5) is 0 Å². The minimum Gasteiger partial charge on any atom is -0.380 e. The molecule has 0 aromatic heterocycles. The maximum atomic E-state index is 12.4. The standard InChI is InChI=1S/C19H37N3O2/c1-5-24-12-11-22-10-9-21(13-16(22)3)14-19(23)20-18-8-6-7-15(2)17(18)4/h15-18H,5-14H2,1-4H3,(H,20,23). The van der Waals surface area contributed by atoms with Gasteiger partial charge in [-0.05, 0) is 32.1 Å². The summed E-state index contributed by atoms with van der Waals surface area (Å²) in [6.45, 7) is 15.0. The molecule has 0 spiro atoms. The van der Waals surface area contributed by atoms with E-state index in [1.54, 1.807) is 0 Å². The lowest BCUT2D eigenvalue weighted by Crippen LogP contribution is -2.55. The minimum absolute atomic E-state index is 0.205. The van der Waals surface area contributed by atoms with Gasteiger partial charge in [-0.3, -0.25) is 14.6 Å². The van der Waals surface area contributed by atoms with Gasteiger partial charge in [0.05, 0.1) is 13.2 Å². The first-order chi connectivity index (χ1) is 11.5. The van der Waals surface area contributed by atoms with Gasteiger partial charge in [0, 0.05) is 44.9 Å². The Hall–Kier alpha value is -0.650. The molecule has 1 N–H and O–H groups in total. The molecule has 2 rings (SSSR count). The number of amides is 1.